The van der Waals surface area contributed by atoms with Gasteiger partial charge in [0.1, 0.15) is 13.2 Å². The topological polar surface area (TPSA) is 111 Å². The number of esters is 2. The second-order valence-electron chi connectivity index (χ2n) is 21.6. The van der Waals surface area contributed by atoms with E-state index in [4.69, 9.17) is 18.9 Å². The number of aliphatic carboxylic acids is 1. The van der Waals surface area contributed by atoms with Crippen molar-refractivity contribution in [3.05, 3.63) is 85.1 Å². The normalized spacial score (nSPS) is 13.3. The minimum Gasteiger partial charge on any atom is -0.545 e. The lowest BCUT2D eigenvalue weighted by atomic mass is 10.0. The third-order valence-corrected chi connectivity index (χ3v) is 13.1. The van der Waals surface area contributed by atoms with Crippen LogP contribution in [0.15, 0.2) is 85.1 Å². The molecule has 0 aromatic rings. The molecule has 2 unspecified atom stereocenters. The summed E-state index contributed by atoms with van der Waals surface area (Å²) in [5.74, 6) is -2.32. The average Bonchev–Trinajstić information content (AvgIpc) is 3.38. The molecule has 0 aliphatic rings. The summed E-state index contributed by atoms with van der Waals surface area (Å²) in [5, 5.41) is 11.8. The van der Waals surface area contributed by atoms with Crippen LogP contribution in [0.3, 0.4) is 0 Å². The van der Waals surface area contributed by atoms with Crippen molar-refractivity contribution in [2.45, 2.75) is 270 Å². The van der Waals surface area contributed by atoms with Crippen molar-refractivity contribution in [1.29, 1.82) is 0 Å². The predicted molar refractivity (Wildman–Crippen MR) is 315 cm³/mol. The van der Waals surface area contributed by atoms with E-state index in [1.807, 2.05) is 21.1 Å². The van der Waals surface area contributed by atoms with Crippen LogP contribution in [0, 0.1) is 0 Å². The third kappa shape index (κ3) is 58.0. The highest BCUT2D eigenvalue weighted by Gasteiger charge is 2.22. The van der Waals surface area contributed by atoms with Crippen molar-refractivity contribution in [2.75, 3.05) is 47.5 Å². The van der Waals surface area contributed by atoms with Crippen molar-refractivity contribution in [2.24, 2.45) is 0 Å². The van der Waals surface area contributed by atoms with Gasteiger partial charge in [-0.25, -0.2) is 0 Å². The number of hydrogen-bond donors (Lipinski definition) is 0. The minimum absolute atomic E-state index is 0.141. The number of rotatable bonds is 56. The molecule has 0 aliphatic heterocycles. The third-order valence-electron chi connectivity index (χ3n) is 13.1. The van der Waals surface area contributed by atoms with Crippen LogP contribution in [0.4, 0.5) is 0 Å². The molecule has 0 aliphatic carbocycles. The van der Waals surface area contributed by atoms with Gasteiger partial charge in [-0.05, 0) is 83.5 Å². The number of likely N-dealkylation sites (N-methyl/N-ethyl adjacent to an activating group) is 1. The largest absolute Gasteiger partial charge is 0.545 e. The molecule has 0 aromatic carbocycles. The van der Waals surface area contributed by atoms with Crippen LogP contribution in [0.1, 0.15) is 258 Å². The summed E-state index contributed by atoms with van der Waals surface area (Å²) in [6.07, 6.45) is 72.5. The van der Waals surface area contributed by atoms with Crippen LogP contribution in [0.2, 0.25) is 0 Å². The van der Waals surface area contributed by atoms with Crippen molar-refractivity contribution in [3.63, 3.8) is 0 Å². The summed E-state index contributed by atoms with van der Waals surface area (Å²) in [6, 6.07) is 0. The Morgan fingerprint density at radius 1 is 0.400 bits per heavy atom. The van der Waals surface area contributed by atoms with E-state index in [-0.39, 0.29) is 38.6 Å². The van der Waals surface area contributed by atoms with Gasteiger partial charge in [-0.3, -0.25) is 9.59 Å². The second kappa shape index (κ2) is 56.7. The summed E-state index contributed by atoms with van der Waals surface area (Å²) in [4.78, 5) is 37.2. The molecule has 0 N–H and O–H groups in total. The number of carboxylic acids is 1. The number of carbonyl (C=O) groups is 3. The van der Waals surface area contributed by atoms with E-state index in [1.54, 1.807) is 0 Å². The van der Waals surface area contributed by atoms with Gasteiger partial charge in [0.15, 0.2) is 12.4 Å². The van der Waals surface area contributed by atoms with E-state index in [0.717, 1.165) is 77.0 Å². The van der Waals surface area contributed by atoms with Gasteiger partial charge in [-0.2, -0.15) is 0 Å². The molecule has 0 fully saturated rings. The van der Waals surface area contributed by atoms with Gasteiger partial charge >= 0.3 is 11.9 Å². The second-order valence-corrected chi connectivity index (χ2v) is 21.6. The summed E-state index contributed by atoms with van der Waals surface area (Å²) >= 11 is 0. The van der Waals surface area contributed by atoms with E-state index in [9.17, 15) is 19.5 Å². The molecule has 0 aromatic heterocycles. The molecule has 0 spiro atoms. The molecular formula is C66H115NO8. The Morgan fingerprint density at radius 3 is 1.08 bits per heavy atom. The first kappa shape index (κ1) is 71.5. The molecule has 0 saturated carbocycles. The quantitative estimate of drug-likeness (QED) is 0.0195. The highest BCUT2D eigenvalue weighted by atomic mass is 16.7. The Balaban J connectivity index is 4.00. The van der Waals surface area contributed by atoms with Crippen LogP contribution in [-0.4, -0.2) is 82.3 Å². The molecule has 0 bridgehead atoms. The fourth-order valence-corrected chi connectivity index (χ4v) is 8.48. The first-order chi connectivity index (χ1) is 36.6. The minimum atomic E-state index is -1.63. The van der Waals surface area contributed by atoms with Gasteiger partial charge in [-0.15, -0.1) is 0 Å². The van der Waals surface area contributed by atoms with E-state index in [1.165, 1.54) is 141 Å². The maximum atomic E-state index is 12.9. The standard InChI is InChI=1S/C66H115NO8/c1-6-8-10-12-14-16-18-20-21-22-23-24-25-26-27-28-29-30-31-32-33-34-35-36-37-38-39-40-41-42-43-45-47-49-51-53-55-57-64(69)75-62(61-74-66(65(70)71)72-59-58-67(3,4)5)60-73-63(68)56-54-52-50-48-46-44-19-17-15-13-11-9-7-2/h8-11,14-17,20-21,23-24,44,46,62,66H,6-7,12-13,18-19,22,25-43,45,47-61H2,1-5H3/b10-8-,11-9-,16-14-,17-15-,21-20-,24-23-,46-44-. The Kier molecular flexibility index (Phi) is 54.0. The van der Waals surface area contributed by atoms with E-state index in [2.05, 4.69) is 98.9 Å². The lowest BCUT2D eigenvalue weighted by molar-refractivity contribution is -0.870. The number of hydrogen-bond acceptors (Lipinski definition) is 8. The Labute approximate surface area is 461 Å². The first-order valence-corrected chi connectivity index (χ1v) is 30.7. The molecular weight excluding hydrogens is 935 g/mol. The first-order valence-electron chi connectivity index (χ1n) is 30.7. The van der Waals surface area contributed by atoms with Gasteiger partial charge in [0, 0.05) is 12.8 Å². The van der Waals surface area contributed by atoms with Gasteiger partial charge < -0.3 is 33.3 Å². The molecule has 2 atom stereocenters. The fourth-order valence-electron chi connectivity index (χ4n) is 8.48. The Morgan fingerprint density at radius 2 is 0.720 bits per heavy atom. The van der Waals surface area contributed by atoms with Crippen molar-refractivity contribution in [1.82, 2.24) is 0 Å². The van der Waals surface area contributed by atoms with Crippen LogP contribution in [-0.2, 0) is 33.3 Å². The van der Waals surface area contributed by atoms with Crippen molar-refractivity contribution < 1.29 is 42.9 Å². The molecule has 0 heterocycles. The zero-order valence-electron chi connectivity index (χ0n) is 49.1. The smallest absolute Gasteiger partial charge is 0.306 e. The number of unbranched alkanes of at least 4 members (excludes halogenated alkanes) is 27. The summed E-state index contributed by atoms with van der Waals surface area (Å²) in [5.41, 5.74) is 0. The van der Waals surface area contributed by atoms with Crippen molar-refractivity contribution >= 4 is 17.9 Å². The lowest BCUT2D eigenvalue weighted by Crippen LogP contribution is -2.44. The number of carboxylic acid groups (broad SMARTS) is 1. The van der Waals surface area contributed by atoms with Gasteiger partial charge in [-0.1, -0.05) is 247 Å². The maximum absolute atomic E-state index is 12.9. The fraction of sp³-hybridized carbons (Fsp3) is 0.742. The van der Waals surface area contributed by atoms with Gasteiger partial charge in [0.25, 0.3) is 0 Å². The van der Waals surface area contributed by atoms with E-state index < -0.39 is 24.3 Å². The lowest BCUT2D eigenvalue weighted by Gasteiger charge is -2.26. The SMILES string of the molecule is CC/C=C\C/C=C\C/C=C\C/C=C\CCCCCCCCCCCCCCCCCCCCCCCCCCC(=O)OC(COC(=O)CCCCC/C=C\C/C=C\C/C=C\CC)COC(OCC[N+](C)(C)C)C(=O)[O-]. The molecule has 9 nitrogen and oxygen atoms in total. The predicted octanol–water partition coefficient (Wildman–Crippen LogP) is 17.0. The molecule has 9 heteroatoms. The Bertz CT molecular complexity index is 1500. The van der Waals surface area contributed by atoms with Gasteiger partial charge in [0.05, 0.1) is 40.3 Å². The van der Waals surface area contributed by atoms with Crippen LogP contribution in [0.5, 0.6) is 0 Å². The average molecular weight is 1050 g/mol. The zero-order chi connectivity index (χ0) is 54.8. The zero-order valence-corrected chi connectivity index (χ0v) is 49.1. The van der Waals surface area contributed by atoms with Crippen LogP contribution in [0.25, 0.3) is 0 Å². The van der Waals surface area contributed by atoms with Crippen molar-refractivity contribution in [3.8, 4) is 0 Å². The Hall–Kier alpha value is -3.53. The number of carbonyl (C=O) groups excluding carboxylic acids is 3. The van der Waals surface area contributed by atoms with Crippen LogP contribution >= 0.6 is 0 Å². The molecule has 75 heavy (non-hydrogen) atoms. The summed E-state index contributed by atoms with van der Waals surface area (Å²) < 4.78 is 22.6. The molecule has 0 rings (SSSR count). The highest BCUT2D eigenvalue weighted by molar-refractivity contribution is 5.70. The molecule has 0 amide bonds. The molecule has 0 radical (unpaired) electrons. The molecule has 432 valence electrons. The molecule has 0 saturated heterocycles. The maximum Gasteiger partial charge on any atom is 0.306 e. The monoisotopic (exact) mass is 1050 g/mol. The highest BCUT2D eigenvalue weighted by Crippen LogP contribution is 2.17. The number of nitrogens with zero attached hydrogens (tertiary/aromatic N) is 1. The van der Waals surface area contributed by atoms with Crippen LogP contribution < -0.4 is 5.11 Å². The summed E-state index contributed by atoms with van der Waals surface area (Å²) in [6.45, 7) is 4.49. The number of quaternary nitrogens is 1. The summed E-state index contributed by atoms with van der Waals surface area (Å²) in [7, 11) is 5.91. The van der Waals surface area contributed by atoms with Gasteiger partial charge in [0.2, 0.25) is 0 Å². The van der Waals surface area contributed by atoms with E-state index >= 15 is 0 Å². The number of allylic oxidation sites excluding steroid dienone is 14. The number of ether oxygens (including phenoxy) is 4. The van der Waals surface area contributed by atoms with E-state index in [0.29, 0.717) is 23.9 Å².